The third kappa shape index (κ3) is 1.73. The fourth-order valence-corrected chi connectivity index (χ4v) is 3.30. The first-order valence-electron chi connectivity index (χ1n) is 7.25. The van der Waals surface area contributed by atoms with Crippen LogP contribution in [-0.2, 0) is 11.2 Å². The fourth-order valence-electron chi connectivity index (χ4n) is 3.30. The van der Waals surface area contributed by atoms with Crippen LogP contribution in [0.5, 0.6) is 5.88 Å². The minimum absolute atomic E-state index is 0.0966. The molecule has 0 aliphatic carbocycles. The Bertz CT molecular complexity index is 733. The molecule has 0 radical (unpaired) electrons. The highest BCUT2D eigenvalue weighted by Gasteiger charge is 2.50. The highest BCUT2D eigenvalue weighted by Crippen LogP contribution is 2.44. The second-order valence-corrected chi connectivity index (χ2v) is 5.50. The quantitative estimate of drug-likeness (QED) is 0.674. The van der Waals surface area contributed by atoms with Crippen LogP contribution in [0.2, 0.25) is 0 Å². The topological polar surface area (TPSA) is 129 Å². The number of aliphatic hydroxyl groups is 2. The number of ether oxygens (including phenoxy) is 2. The first-order chi connectivity index (χ1) is 10.6. The molecular weight excluding hydrogens is 290 g/mol. The summed E-state index contributed by atoms with van der Waals surface area (Å²) < 4.78 is 13.1. The Hall–Kier alpha value is -1.97. The van der Waals surface area contributed by atoms with Gasteiger partial charge in [0.25, 0.3) is 0 Å². The molecule has 2 aliphatic heterocycles. The number of fused-ring (bicyclic) bond motifs is 5. The smallest absolute Gasteiger partial charge is 0.247 e. The van der Waals surface area contributed by atoms with Crippen LogP contribution in [0.3, 0.4) is 0 Å². The van der Waals surface area contributed by atoms with Crippen LogP contribution in [0.25, 0.3) is 11.2 Å². The molecule has 4 atom stereocenters. The van der Waals surface area contributed by atoms with Crippen molar-refractivity contribution in [2.24, 2.45) is 5.92 Å². The Morgan fingerprint density at radius 2 is 2.23 bits per heavy atom. The van der Waals surface area contributed by atoms with Gasteiger partial charge in [-0.3, -0.25) is 4.57 Å². The first-order valence-corrected chi connectivity index (χ1v) is 7.25. The van der Waals surface area contributed by atoms with E-state index in [1.807, 2.05) is 11.5 Å². The largest absolute Gasteiger partial charge is 0.476 e. The summed E-state index contributed by atoms with van der Waals surface area (Å²) in [4.78, 5) is 12.8. The van der Waals surface area contributed by atoms with Gasteiger partial charge in [-0.25, -0.2) is 4.98 Å². The third-order valence-electron chi connectivity index (χ3n) is 4.23. The molecule has 2 aliphatic rings. The van der Waals surface area contributed by atoms with Gasteiger partial charge in [0.2, 0.25) is 11.8 Å². The average molecular weight is 307 g/mol. The van der Waals surface area contributed by atoms with E-state index < -0.39 is 18.4 Å². The molecule has 2 aromatic rings. The number of rotatable bonds is 3. The van der Waals surface area contributed by atoms with Gasteiger partial charge in [-0.2, -0.15) is 9.97 Å². The van der Waals surface area contributed by atoms with Gasteiger partial charge in [0.1, 0.15) is 18.2 Å². The van der Waals surface area contributed by atoms with E-state index in [0.29, 0.717) is 30.1 Å². The van der Waals surface area contributed by atoms with Crippen LogP contribution in [0.4, 0.5) is 5.95 Å². The van der Waals surface area contributed by atoms with Gasteiger partial charge in [-0.1, -0.05) is 0 Å². The summed E-state index contributed by atoms with van der Waals surface area (Å²) in [6, 6.07) is 0. The van der Waals surface area contributed by atoms with Gasteiger partial charge in [-0.15, -0.1) is 0 Å². The third-order valence-corrected chi connectivity index (χ3v) is 4.23. The Morgan fingerprint density at radius 1 is 1.41 bits per heavy atom. The summed E-state index contributed by atoms with van der Waals surface area (Å²) in [5.74, 6) is 1.05. The number of hydrogen-bond acceptors (Lipinski definition) is 8. The number of aromatic nitrogens is 4. The molecule has 0 spiro atoms. The Labute approximate surface area is 125 Å². The summed E-state index contributed by atoms with van der Waals surface area (Å²) in [5.41, 5.74) is 6.82. The van der Waals surface area contributed by atoms with Crippen molar-refractivity contribution in [1.29, 1.82) is 0 Å². The van der Waals surface area contributed by atoms with Crippen LogP contribution in [-0.4, -0.2) is 55.2 Å². The standard InChI is InChI=1S/C13H17N5O4/c1-2-21-11-8-10(16-13(14)17-11)18-7(15-8)3-5-9(20)6(4-19)22-12(5)18/h5-6,9,12,19-20H,2-4H2,1H3,(H2,14,16,17)/t5-,6+,9-,12+/m0/s1. The number of hydrogen-bond donors (Lipinski definition) is 3. The Morgan fingerprint density at radius 3 is 2.95 bits per heavy atom. The maximum Gasteiger partial charge on any atom is 0.247 e. The lowest BCUT2D eigenvalue weighted by molar-refractivity contribution is -0.0430. The number of nitrogens with two attached hydrogens (primary N) is 1. The van der Waals surface area contributed by atoms with Crippen molar-refractivity contribution in [3.63, 3.8) is 0 Å². The van der Waals surface area contributed by atoms with Crippen molar-refractivity contribution in [1.82, 2.24) is 19.5 Å². The van der Waals surface area contributed by atoms with E-state index in [9.17, 15) is 10.2 Å². The van der Waals surface area contributed by atoms with Gasteiger partial charge >= 0.3 is 0 Å². The van der Waals surface area contributed by atoms with E-state index in [1.54, 1.807) is 0 Å². The van der Waals surface area contributed by atoms with Crippen LogP contribution in [0, 0.1) is 5.92 Å². The summed E-state index contributed by atoms with van der Waals surface area (Å²) in [7, 11) is 0. The molecule has 22 heavy (non-hydrogen) atoms. The molecule has 4 rings (SSSR count). The zero-order chi connectivity index (χ0) is 15.4. The van der Waals surface area contributed by atoms with Gasteiger partial charge in [-0.05, 0) is 6.92 Å². The van der Waals surface area contributed by atoms with Crippen molar-refractivity contribution < 1.29 is 19.7 Å². The molecule has 1 saturated heterocycles. The van der Waals surface area contributed by atoms with Crippen LogP contribution >= 0.6 is 0 Å². The zero-order valence-electron chi connectivity index (χ0n) is 12.0. The highest BCUT2D eigenvalue weighted by molar-refractivity contribution is 5.78. The molecule has 0 bridgehead atoms. The van der Waals surface area contributed by atoms with Crippen molar-refractivity contribution in [2.45, 2.75) is 31.8 Å². The average Bonchev–Trinajstić information content (AvgIpc) is 3.09. The lowest BCUT2D eigenvalue weighted by Crippen LogP contribution is -2.29. The highest BCUT2D eigenvalue weighted by atomic mass is 16.5. The molecule has 0 saturated carbocycles. The van der Waals surface area contributed by atoms with E-state index in [1.165, 1.54) is 0 Å². The number of aliphatic hydroxyl groups excluding tert-OH is 2. The normalized spacial score (nSPS) is 29.8. The molecule has 1 fully saturated rings. The van der Waals surface area contributed by atoms with Crippen LogP contribution in [0.1, 0.15) is 19.0 Å². The predicted octanol–water partition coefficient (Wildman–Crippen LogP) is -0.770. The van der Waals surface area contributed by atoms with Crippen molar-refractivity contribution in [2.75, 3.05) is 18.9 Å². The maximum atomic E-state index is 10.2. The zero-order valence-corrected chi connectivity index (χ0v) is 12.0. The number of anilines is 1. The second-order valence-electron chi connectivity index (χ2n) is 5.50. The van der Waals surface area contributed by atoms with E-state index in [2.05, 4.69) is 15.0 Å². The number of imidazole rings is 1. The molecule has 9 nitrogen and oxygen atoms in total. The van der Waals surface area contributed by atoms with Crippen molar-refractivity contribution in [3.05, 3.63) is 5.82 Å². The van der Waals surface area contributed by atoms with Crippen molar-refractivity contribution in [3.8, 4) is 5.88 Å². The number of nitrogen functional groups attached to an aromatic ring is 1. The first kappa shape index (κ1) is 13.7. The number of nitrogens with zero attached hydrogens (tertiary/aromatic N) is 4. The maximum absolute atomic E-state index is 10.2. The SMILES string of the molecule is CCOc1nc(N)nc2c1nc1n2[C@@H]2O[C@H](CO)[C@@H](O)[C@@H]2C1. The molecule has 0 amide bonds. The molecule has 0 unspecified atom stereocenters. The monoisotopic (exact) mass is 307 g/mol. The molecule has 118 valence electrons. The minimum atomic E-state index is -0.725. The van der Waals surface area contributed by atoms with E-state index in [-0.39, 0.29) is 18.5 Å². The van der Waals surface area contributed by atoms with Gasteiger partial charge in [0, 0.05) is 12.3 Å². The fraction of sp³-hybridized carbons (Fsp3) is 0.615. The molecule has 0 aromatic carbocycles. The molecule has 9 heteroatoms. The lowest BCUT2D eigenvalue weighted by Gasteiger charge is -2.13. The second kappa shape index (κ2) is 4.77. The lowest BCUT2D eigenvalue weighted by atomic mass is 9.99. The van der Waals surface area contributed by atoms with E-state index >= 15 is 0 Å². The summed E-state index contributed by atoms with van der Waals surface area (Å²) in [6.07, 6.45) is -1.18. The molecule has 4 heterocycles. The molecule has 4 N–H and O–H groups in total. The molecule has 2 aromatic heterocycles. The van der Waals surface area contributed by atoms with Crippen LogP contribution in [0.15, 0.2) is 0 Å². The van der Waals surface area contributed by atoms with Crippen molar-refractivity contribution >= 4 is 17.1 Å². The summed E-state index contributed by atoms with van der Waals surface area (Å²) >= 11 is 0. The van der Waals surface area contributed by atoms with E-state index in [4.69, 9.17) is 15.2 Å². The predicted molar refractivity (Wildman–Crippen MR) is 75.1 cm³/mol. The minimum Gasteiger partial charge on any atom is -0.476 e. The van der Waals surface area contributed by atoms with Gasteiger partial charge in [0.05, 0.1) is 19.3 Å². The van der Waals surface area contributed by atoms with Crippen LogP contribution < -0.4 is 10.5 Å². The summed E-state index contributed by atoms with van der Waals surface area (Å²) in [6.45, 7) is 2.07. The Kier molecular flexibility index (Phi) is 2.96. The Balaban J connectivity index is 1.84. The molecular formula is C13H17N5O4. The van der Waals surface area contributed by atoms with Gasteiger partial charge < -0.3 is 25.4 Å². The van der Waals surface area contributed by atoms with E-state index in [0.717, 1.165) is 5.82 Å². The summed E-state index contributed by atoms with van der Waals surface area (Å²) in [5, 5.41) is 19.5. The van der Waals surface area contributed by atoms with Gasteiger partial charge in [0.15, 0.2) is 11.2 Å².